The lowest BCUT2D eigenvalue weighted by molar-refractivity contribution is 0.545. The van der Waals surface area contributed by atoms with E-state index in [-0.39, 0.29) is 0 Å². The number of halogens is 1. The van der Waals surface area contributed by atoms with Crippen molar-refractivity contribution in [3.63, 3.8) is 0 Å². The molecule has 2 nitrogen and oxygen atoms in total. The zero-order valence-corrected chi connectivity index (χ0v) is 7.67. The van der Waals surface area contributed by atoms with Gasteiger partial charge in [0.2, 0.25) is 0 Å². The lowest BCUT2D eigenvalue weighted by Crippen LogP contribution is -2.04. The molecular weight excluding hydrogens is 191 g/mol. The Kier molecular flexibility index (Phi) is 2.83. The van der Waals surface area contributed by atoms with Gasteiger partial charge in [0.15, 0.2) is 0 Å². The maximum Gasteiger partial charge on any atom is 0.313 e. The topological polar surface area (TPSA) is 34.1 Å². The van der Waals surface area contributed by atoms with Crippen LogP contribution in [0.5, 0.6) is 0 Å². The summed E-state index contributed by atoms with van der Waals surface area (Å²) >= 11 is 0. The fourth-order valence-electron chi connectivity index (χ4n) is 1.06. The third-order valence-corrected chi connectivity index (χ3v) is 2.72. The second-order valence-corrected chi connectivity index (χ2v) is 4.00. The predicted molar refractivity (Wildman–Crippen MR) is 49.4 cm³/mol. The molecule has 1 atom stereocenters. The molecule has 0 aliphatic heterocycles. The van der Waals surface area contributed by atoms with Crippen LogP contribution < -0.4 is 0 Å². The molecule has 13 heavy (non-hydrogen) atoms. The number of rotatable bonds is 3. The molecule has 1 unspecified atom stereocenters. The Morgan fingerprint density at radius 3 is 2.23 bits per heavy atom. The van der Waals surface area contributed by atoms with E-state index >= 15 is 0 Å². The van der Waals surface area contributed by atoms with Gasteiger partial charge in [-0.15, -0.1) is 10.5 Å². The first-order valence-corrected chi connectivity index (χ1v) is 5.11. The summed E-state index contributed by atoms with van der Waals surface area (Å²) in [5, 5.41) is -1.26. The van der Waals surface area contributed by atoms with E-state index in [2.05, 4.69) is 6.58 Å². The van der Waals surface area contributed by atoms with E-state index in [4.69, 9.17) is 0 Å². The van der Waals surface area contributed by atoms with E-state index in [1.165, 1.54) is 0 Å². The Bertz CT molecular complexity index is 383. The zero-order chi connectivity index (χ0) is 9.90. The molecule has 0 aliphatic rings. The summed E-state index contributed by atoms with van der Waals surface area (Å²) in [7, 11) is -4.59. The van der Waals surface area contributed by atoms with Gasteiger partial charge in [-0.1, -0.05) is 36.4 Å². The smallest absolute Gasteiger partial charge is 0.194 e. The van der Waals surface area contributed by atoms with Crippen LogP contribution >= 0.6 is 0 Å². The Labute approximate surface area is 76.9 Å². The molecule has 0 bridgehead atoms. The summed E-state index contributed by atoms with van der Waals surface area (Å²) in [5.41, 5.74) is 0.389. The molecule has 0 saturated heterocycles. The van der Waals surface area contributed by atoms with Gasteiger partial charge in [0.25, 0.3) is 0 Å². The SMILES string of the molecule is C=CC(c1ccccc1)S(=O)(=O)F. The fourth-order valence-corrected chi connectivity index (χ4v) is 1.77. The van der Waals surface area contributed by atoms with E-state index in [1.54, 1.807) is 30.3 Å². The molecule has 0 fully saturated rings. The lowest BCUT2D eigenvalue weighted by Gasteiger charge is -2.06. The predicted octanol–water partition coefficient (Wildman–Crippen LogP) is 2.21. The van der Waals surface area contributed by atoms with Crippen LogP contribution in [0.3, 0.4) is 0 Å². The maximum atomic E-state index is 12.6. The summed E-state index contributed by atoms with van der Waals surface area (Å²) in [5.74, 6) is 0. The summed E-state index contributed by atoms with van der Waals surface area (Å²) in [6.07, 6.45) is 1.07. The Balaban J connectivity index is 3.13. The Morgan fingerprint density at radius 2 is 1.85 bits per heavy atom. The van der Waals surface area contributed by atoms with Gasteiger partial charge in [0, 0.05) is 0 Å². The number of hydrogen-bond donors (Lipinski definition) is 0. The van der Waals surface area contributed by atoms with Gasteiger partial charge in [-0.3, -0.25) is 0 Å². The van der Waals surface area contributed by atoms with Crippen molar-refractivity contribution >= 4 is 10.2 Å². The third kappa shape index (κ3) is 2.39. The van der Waals surface area contributed by atoms with Crippen molar-refractivity contribution in [2.24, 2.45) is 0 Å². The molecule has 0 amide bonds. The van der Waals surface area contributed by atoms with Crippen LogP contribution in [0.1, 0.15) is 10.8 Å². The summed E-state index contributed by atoms with van der Waals surface area (Å²) in [6.45, 7) is 3.28. The minimum atomic E-state index is -4.59. The molecule has 0 spiro atoms. The molecule has 1 aromatic rings. The third-order valence-electron chi connectivity index (χ3n) is 1.65. The zero-order valence-electron chi connectivity index (χ0n) is 6.85. The van der Waals surface area contributed by atoms with Crippen LogP contribution in [0, 0.1) is 0 Å². The molecule has 1 aromatic carbocycles. The van der Waals surface area contributed by atoms with Gasteiger partial charge < -0.3 is 0 Å². The maximum absolute atomic E-state index is 12.6. The molecule has 0 aromatic heterocycles. The quantitative estimate of drug-likeness (QED) is 0.553. The van der Waals surface area contributed by atoms with Gasteiger partial charge in [-0.25, -0.2) is 0 Å². The minimum Gasteiger partial charge on any atom is -0.194 e. The molecule has 0 aliphatic carbocycles. The van der Waals surface area contributed by atoms with Crippen LogP contribution in [0.25, 0.3) is 0 Å². The van der Waals surface area contributed by atoms with Crippen molar-refractivity contribution in [2.45, 2.75) is 5.25 Å². The first-order chi connectivity index (χ1) is 6.05. The van der Waals surface area contributed by atoms with Gasteiger partial charge in [0.1, 0.15) is 5.25 Å². The highest BCUT2D eigenvalue weighted by atomic mass is 32.3. The largest absolute Gasteiger partial charge is 0.313 e. The monoisotopic (exact) mass is 200 g/mol. The Morgan fingerprint density at radius 1 is 1.31 bits per heavy atom. The summed E-state index contributed by atoms with van der Waals surface area (Å²) in [4.78, 5) is 0. The van der Waals surface area contributed by atoms with Gasteiger partial charge >= 0.3 is 10.2 Å². The first-order valence-electron chi connectivity index (χ1n) is 3.66. The highest BCUT2D eigenvalue weighted by molar-refractivity contribution is 7.86. The van der Waals surface area contributed by atoms with Crippen LogP contribution in [0.4, 0.5) is 3.89 Å². The van der Waals surface area contributed by atoms with Gasteiger partial charge in [-0.05, 0) is 5.56 Å². The lowest BCUT2D eigenvalue weighted by atomic mass is 10.1. The van der Waals surface area contributed by atoms with Gasteiger partial charge in [0.05, 0.1) is 0 Å². The molecule has 1 rings (SSSR count). The van der Waals surface area contributed by atoms with Crippen molar-refractivity contribution < 1.29 is 12.3 Å². The van der Waals surface area contributed by atoms with Gasteiger partial charge in [-0.2, -0.15) is 8.42 Å². The average Bonchev–Trinajstić information content (AvgIpc) is 2.05. The molecule has 0 heterocycles. The van der Waals surface area contributed by atoms with E-state index in [0.717, 1.165) is 6.08 Å². The van der Waals surface area contributed by atoms with Crippen LogP contribution in [-0.4, -0.2) is 8.42 Å². The van der Waals surface area contributed by atoms with E-state index in [9.17, 15) is 12.3 Å². The number of hydrogen-bond acceptors (Lipinski definition) is 2. The fraction of sp³-hybridized carbons (Fsp3) is 0.111. The molecule has 70 valence electrons. The minimum absolute atomic E-state index is 0.389. The van der Waals surface area contributed by atoms with Crippen molar-refractivity contribution in [2.75, 3.05) is 0 Å². The number of benzene rings is 1. The van der Waals surface area contributed by atoms with Crippen molar-refractivity contribution in [3.8, 4) is 0 Å². The molecule has 0 saturated carbocycles. The van der Waals surface area contributed by atoms with Crippen LogP contribution in [0.15, 0.2) is 43.0 Å². The van der Waals surface area contributed by atoms with Crippen molar-refractivity contribution in [1.29, 1.82) is 0 Å². The van der Waals surface area contributed by atoms with E-state index in [0.29, 0.717) is 5.56 Å². The van der Waals surface area contributed by atoms with Crippen molar-refractivity contribution in [1.82, 2.24) is 0 Å². The van der Waals surface area contributed by atoms with Crippen molar-refractivity contribution in [3.05, 3.63) is 48.6 Å². The first kappa shape index (κ1) is 9.92. The second-order valence-electron chi connectivity index (χ2n) is 2.54. The molecule has 0 N–H and O–H groups in total. The molecular formula is C9H9FO2S. The molecule has 4 heteroatoms. The normalized spacial score (nSPS) is 13.6. The van der Waals surface area contributed by atoms with E-state index in [1.807, 2.05) is 0 Å². The highest BCUT2D eigenvalue weighted by Gasteiger charge is 2.22. The van der Waals surface area contributed by atoms with Crippen LogP contribution in [-0.2, 0) is 10.2 Å². The standard InChI is InChI=1S/C9H9FO2S/c1-2-9(13(10,11)12)8-6-4-3-5-7-8/h2-7,9H,1H2. The van der Waals surface area contributed by atoms with Crippen LogP contribution in [0.2, 0.25) is 0 Å². The highest BCUT2D eigenvalue weighted by Crippen LogP contribution is 2.24. The molecule has 0 radical (unpaired) electrons. The van der Waals surface area contributed by atoms with E-state index < -0.39 is 15.5 Å². The average molecular weight is 200 g/mol. The Hall–Kier alpha value is -1.16. The second kappa shape index (κ2) is 3.70. The summed E-state index contributed by atoms with van der Waals surface area (Å²) in [6, 6.07) is 8.12. The summed E-state index contributed by atoms with van der Waals surface area (Å²) < 4.78 is 33.9.